The predicted molar refractivity (Wildman–Crippen MR) is 104 cm³/mol. The molecule has 138 valence electrons. The van der Waals surface area contributed by atoms with E-state index in [-0.39, 0.29) is 18.5 Å². The number of hydrogen-bond acceptors (Lipinski definition) is 2. The normalized spacial score (nSPS) is 11.6. The molecule has 5 nitrogen and oxygen atoms in total. The summed E-state index contributed by atoms with van der Waals surface area (Å²) in [7, 11) is 0. The van der Waals surface area contributed by atoms with E-state index in [9.17, 15) is 9.59 Å². The van der Waals surface area contributed by atoms with Crippen molar-refractivity contribution in [1.29, 1.82) is 0 Å². The molecule has 0 bridgehead atoms. The quantitative estimate of drug-likeness (QED) is 0.666. The van der Waals surface area contributed by atoms with E-state index in [0.717, 1.165) is 28.8 Å². The van der Waals surface area contributed by atoms with Crippen molar-refractivity contribution in [2.75, 3.05) is 5.32 Å². The molecule has 0 radical (unpaired) electrons. The van der Waals surface area contributed by atoms with Crippen molar-refractivity contribution in [2.24, 2.45) is 0 Å². The van der Waals surface area contributed by atoms with Crippen molar-refractivity contribution >= 4 is 17.7 Å². The summed E-state index contributed by atoms with van der Waals surface area (Å²) in [4.78, 5) is 23.4. The number of urea groups is 1. The SMILES string of the molecule is CCc1cccc(C)c1NC(=O)NC(CCC(=O)O)Cc1ccccc1. The minimum absolute atomic E-state index is 0.0162. The molecular weight excluding hydrogens is 328 g/mol. The lowest BCUT2D eigenvalue weighted by Crippen LogP contribution is -2.40. The summed E-state index contributed by atoms with van der Waals surface area (Å²) in [6, 6.07) is 15.1. The minimum atomic E-state index is -0.863. The van der Waals surface area contributed by atoms with Gasteiger partial charge in [0, 0.05) is 18.2 Å². The summed E-state index contributed by atoms with van der Waals surface area (Å²) in [5.74, 6) is -0.863. The second-order valence-electron chi connectivity index (χ2n) is 6.38. The Labute approximate surface area is 154 Å². The van der Waals surface area contributed by atoms with E-state index in [0.29, 0.717) is 12.8 Å². The van der Waals surface area contributed by atoms with Crippen LogP contribution in [0.2, 0.25) is 0 Å². The first-order chi connectivity index (χ1) is 12.5. The Balaban J connectivity index is 2.06. The summed E-state index contributed by atoms with van der Waals surface area (Å²) in [5.41, 5.74) is 3.97. The van der Waals surface area contributed by atoms with Crippen molar-refractivity contribution < 1.29 is 14.7 Å². The van der Waals surface area contributed by atoms with Gasteiger partial charge < -0.3 is 15.7 Å². The standard InChI is InChI=1S/C21H26N2O3/c1-3-17-11-7-8-15(2)20(17)23-21(26)22-18(12-13-19(24)25)14-16-9-5-4-6-10-16/h4-11,18H,3,12-14H2,1-2H3,(H,24,25)(H2,22,23,26). The number of carboxylic acid groups (broad SMARTS) is 1. The summed E-state index contributed by atoms with van der Waals surface area (Å²) in [6.45, 7) is 4.00. The molecule has 0 aliphatic carbocycles. The van der Waals surface area contributed by atoms with Gasteiger partial charge in [0.2, 0.25) is 0 Å². The fourth-order valence-corrected chi connectivity index (χ4v) is 2.96. The molecule has 0 fully saturated rings. The molecule has 2 aromatic rings. The van der Waals surface area contributed by atoms with Crippen LogP contribution in [0.15, 0.2) is 48.5 Å². The monoisotopic (exact) mass is 354 g/mol. The summed E-state index contributed by atoms with van der Waals surface area (Å²) in [6.07, 6.45) is 1.81. The van der Waals surface area contributed by atoms with Gasteiger partial charge in [-0.1, -0.05) is 55.5 Å². The zero-order valence-corrected chi connectivity index (χ0v) is 15.3. The Morgan fingerprint density at radius 2 is 1.81 bits per heavy atom. The lowest BCUT2D eigenvalue weighted by molar-refractivity contribution is -0.137. The van der Waals surface area contributed by atoms with E-state index in [1.54, 1.807) is 0 Å². The fourth-order valence-electron chi connectivity index (χ4n) is 2.96. The number of para-hydroxylation sites is 1. The van der Waals surface area contributed by atoms with Crippen molar-refractivity contribution in [1.82, 2.24) is 5.32 Å². The molecule has 1 atom stereocenters. The highest BCUT2D eigenvalue weighted by atomic mass is 16.4. The average molecular weight is 354 g/mol. The first-order valence-corrected chi connectivity index (χ1v) is 8.91. The number of hydrogen-bond donors (Lipinski definition) is 3. The Bertz CT molecular complexity index is 744. The van der Waals surface area contributed by atoms with Crippen LogP contribution in [0.25, 0.3) is 0 Å². The maximum Gasteiger partial charge on any atom is 0.319 e. The highest BCUT2D eigenvalue weighted by Gasteiger charge is 2.16. The molecule has 0 heterocycles. The van der Waals surface area contributed by atoms with Crippen LogP contribution < -0.4 is 10.6 Å². The molecule has 1 unspecified atom stereocenters. The molecule has 0 aliphatic heterocycles. The lowest BCUT2D eigenvalue weighted by Gasteiger charge is -2.20. The van der Waals surface area contributed by atoms with Crippen molar-refractivity contribution in [3.63, 3.8) is 0 Å². The van der Waals surface area contributed by atoms with Crippen LogP contribution in [0.5, 0.6) is 0 Å². The molecule has 2 rings (SSSR count). The highest BCUT2D eigenvalue weighted by Crippen LogP contribution is 2.21. The number of amides is 2. The molecule has 0 spiro atoms. The van der Waals surface area contributed by atoms with E-state index in [1.165, 1.54) is 0 Å². The van der Waals surface area contributed by atoms with Crippen LogP contribution in [0.3, 0.4) is 0 Å². The number of benzene rings is 2. The number of nitrogens with one attached hydrogen (secondary N) is 2. The number of carbonyl (C=O) groups is 2. The number of rotatable bonds is 8. The first kappa shape index (κ1) is 19.5. The molecule has 5 heteroatoms. The van der Waals surface area contributed by atoms with Gasteiger partial charge in [-0.25, -0.2) is 4.79 Å². The number of aryl methyl sites for hydroxylation is 2. The van der Waals surface area contributed by atoms with Gasteiger partial charge in [-0.15, -0.1) is 0 Å². The summed E-state index contributed by atoms with van der Waals surface area (Å²) >= 11 is 0. The molecule has 0 aliphatic rings. The number of anilines is 1. The second-order valence-corrected chi connectivity index (χ2v) is 6.38. The lowest BCUT2D eigenvalue weighted by atomic mass is 10.0. The Morgan fingerprint density at radius 1 is 1.08 bits per heavy atom. The molecule has 3 N–H and O–H groups in total. The van der Waals surface area contributed by atoms with Gasteiger partial charge in [0.05, 0.1) is 0 Å². The van der Waals surface area contributed by atoms with Crippen molar-refractivity contribution in [3.8, 4) is 0 Å². The minimum Gasteiger partial charge on any atom is -0.481 e. The predicted octanol–water partition coefficient (Wildman–Crippen LogP) is 4.16. The molecule has 0 aromatic heterocycles. The van der Waals surface area contributed by atoms with E-state index in [2.05, 4.69) is 10.6 Å². The third-order valence-corrected chi connectivity index (χ3v) is 4.35. The topological polar surface area (TPSA) is 78.4 Å². The zero-order chi connectivity index (χ0) is 18.9. The van der Waals surface area contributed by atoms with Crippen LogP contribution in [0.4, 0.5) is 10.5 Å². The van der Waals surface area contributed by atoms with Crippen LogP contribution in [0.1, 0.15) is 36.5 Å². The summed E-state index contributed by atoms with van der Waals surface area (Å²) in [5, 5.41) is 14.8. The van der Waals surface area contributed by atoms with Gasteiger partial charge >= 0.3 is 12.0 Å². The summed E-state index contributed by atoms with van der Waals surface area (Å²) < 4.78 is 0. The third kappa shape index (κ3) is 5.92. The zero-order valence-electron chi connectivity index (χ0n) is 15.3. The molecule has 0 saturated carbocycles. The number of aliphatic carboxylic acids is 1. The van der Waals surface area contributed by atoms with Gasteiger partial charge in [0.1, 0.15) is 0 Å². The van der Waals surface area contributed by atoms with Gasteiger partial charge in [-0.2, -0.15) is 0 Å². The maximum atomic E-state index is 12.5. The van der Waals surface area contributed by atoms with Crippen LogP contribution in [0, 0.1) is 6.92 Å². The largest absolute Gasteiger partial charge is 0.481 e. The fraction of sp³-hybridized carbons (Fsp3) is 0.333. The number of carboxylic acids is 1. The van der Waals surface area contributed by atoms with Gasteiger partial charge in [-0.05, 0) is 42.9 Å². The van der Waals surface area contributed by atoms with Crippen LogP contribution in [-0.2, 0) is 17.6 Å². The molecule has 2 aromatic carbocycles. The van der Waals surface area contributed by atoms with Crippen molar-refractivity contribution in [3.05, 3.63) is 65.2 Å². The Morgan fingerprint density at radius 3 is 2.46 bits per heavy atom. The molecular formula is C21H26N2O3. The first-order valence-electron chi connectivity index (χ1n) is 8.91. The number of carbonyl (C=O) groups excluding carboxylic acids is 1. The van der Waals surface area contributed by atoms with E-state index < -0.39 is 5.97 Å². The molecule has 26 heavy (non-hydrogen) atoms. The van der Waals surface area contributed by atoms with Gasteiger partial charge in [0.15, 0.2) is 0 Å². The Kier molecular flexibility index (Phi) is 7.21. The third-order valence-electron chi connectivity index (χ3n) is 4.35. The van der Waals surface area contributed by atoms with Gasteiger partial charge in [0.25, 0.3) is 0 Å². The van der Waals surface area contributed by atoms with E-state index >= 15 is 0 Å². The van der Waals surface area contributed by atoms with E-state index in [1.807, 2.05) is 62.4 Å². The second kappa shape index (κ2) is 9.61. The molecule has 2 amide bonds. The highest BCUT2D eigenvalue weighted by molar-refractivity contribution is 5.91. The van der Waals surface area contributed by atoms with Crippen LogP contribution >= 0.6 is 0 Å². The average Bonchev–Trinajstić information content (AvgIpc) is 2.62. The van der Waals surface area contributed by atoms with Gasteiger partial charge in [-0.3, -0.25) is 4.79 Å². The van der Waals surface area contributed by atoms with Crippen molar-refractivity contribution in [2.45, 2.75) is 45.6 Å². The molecule has 0 saturated heterocycles. The Hall–Kier alpha value is -2.82. The smallest absolute Gasteiger partial charge is 0.319 e. The van der Waals surface area contributed by atoms with Crippen LogP contribution in [-0.4, -0.2) is 23.1 Å². The maximum absolute atomic E-state index is 12.5. The van der Waals surface area contributed by atoms with E-state index in [4.69, 9.17) is 5.11 Å².